The maximum Gasteiger partial charge on any atom is 0.0130 e. The highest BCUT2D eigenvalue weighted by atomic mass is 32.2. The Bertz CT molecular complexity index is 50.3. The zero-order valence-electron chi connectivity index (χ0n) is 5.44. The van der Waals surface area contributed by atoms with Crippen molar-refractivity contribution in [1.82, 2.24) is 0 Å². The molecule has 0 fully saturated rings. The predicted octanol–water partition coefficient (Wildman–Crippen LogP) is 2.86. The normalized spacial score (nSPS) is 9.12. The highest BCUT2D eigenvalue weighted by Gasteiger charge is 1.82. The highest BCUT2D eigenvalue weighted by molar-refractivity contribution is 8.00. The molecular formula is C7H13S. The van der Waals surface area contributed by atoms with Gasteiger partial charge in [0.15, 0.2) is 0 Å². The first-order valence-electron chi connectivity index (χ1n) is 3.05. The Morgan fingerprint density at radius 1 is 1.50 bits per heavy atom. The Morgan fingerprint density at radius 3 is 2.75 bits per heavy atom. The summed E-state index contributed by atoms with van der Waals surface area (Å²) >= 11 is 1.69. The van der Waals surface area contributed by atoms with E-state index in [9.17, 15) is 0 Å². The first-order valence-corrected chi connectivity index (χ1v) is 4.04. The average Bonchev–Trinajstić information content (AvgIpc) is 1.81. The summed E-state index contributed by atoms with van der Waals surface area (Å²) in [6.07, 6.45) is 3.95. The Hall–Kier alpha value is 0.0900. The molecule has 0 aliphatic carbocycles. The molecule has 1 heteroatoms. The SMILES string of the molecule is C=[C]SCCCCC. The minimum atomic E-state index is 1.19. The monoisotopic (exact) mass is 129 g/mol. The number of thioether (sulfide) groups is 1. The van der Waals surface area contributed by atoms with Crippen LogP contribution in [0.4, 0.5) is 0 Å². The van der Waals surface area contributed by atoms with Crippen molar-refractivity contribution in [3.8, 4) is 0 Å². The number of rotatable bonds is 5. The van der Waals surface area contributed by atoms with Crippen molar-refractivity contribution < 1.29 is 0 Å². The quantitative estimate of drug-likeness (QED) is 0.514. The third-order valence-corrected chi connectivity index (χ3v) is 1.65. The highest BCUT2D eigenvalue weighted by Crippen LogP contribution is 2.04. The fraction of sp³-hybridized carbons (Fsp3) is 0.714. The molecular weight excluding hydrogens is 116 g/mol. The molecule has 0 rings (SSSR count). The average molecular weight is 129 g/mol. The van der Waals surface area contributed by atoms with E-state index in [-0.39, 0.29) is 0 Å². The molecule has 0 heterocycles. The Labute approximate surface area is 56.4 Å². The summed E-state index contributed by atoms with van der Waals surface area (Å²) in [5.74, 6) is 1.19. The maximum atomic E-state index is 3.50. The summed E-state index contributed by atoms with van der Waals surface area (Å²) in [5, 5.41) is 2.79. The van der Waals surface area contributed by atoms with E-state index in [1.807, 2.05) is 0 Å². The zero-order chi connectivity index (χ0) is 6.24. The molecule has 0 aromatic rings. The van der Waals surface area contributed by atoms with E-state index in [1.165, 1.54) is 25.0 Å². The van der Waals surface area contributed by atoms with E-state index in [0.717, 1.165) is 0 Å². The Kier molecular flexibility index (Phi) is 7.17. The van der Waals surface area contributed by atoms with Crippen LogP contribution in [0.25, 0.3) is 0 Å². The molecule has 8 heavy (non-hydrogen) atoms. The number of hydrogen-bond acceptors (Lipinski definition) is 1. The van der Waals surface area contributed by atoms with Crippen LogP contribution in [0.15, 0.2) is 6.58 Å². The molecule has 0 amide bonds. The lowest BCUT2D eigenvalue weighted by atomic mass is 10.3. The molecule has 0 aliphatic rings. The van der Waals surface area contributed by atoms with Gasteiger partial charge >= 0.3 is 0 Å². The van der Waals surface area contributed by atoms with Crippen LogP contribution in [-0.2, 0) is 0 Å². The topological polar surface area (TPSA) is 0 Å². The van der Waals surface area contributed by atoms with Crippen molar-refractivity contribution in [3.05, 3.63) is 12.0 Å². The van der Waals surface area contributed by atoms with E-state index >= 15 is 0 Å². The molecule has 0 spiro atoms. The van der Waals surface area contributed by atoms with Crippen LogP contribution >= 0.6 is 11.8 Å². The molecule has 1 radical (unpaired) electrons. The molecule has 47 valence electrons. The molecule has 0 saturated carbocycles. The van der Waals surface area contributed by atoms with Gasteiger partial charge in [0.05, 0.1) is 0 Å². The van der Waals surface area contributed by atoms with Crippen LogP contribution < -0.4 is 0 Å². The summed E-state index contributed by atoms with van der Waals surface area (Å²) in [5.41, 5.74) is 0. The summed E-state index contributed by atoms with van der Waals surface area (Å²) < 4.78 is 0. The standard InChI is InChI=1S/C7H13S/c1-3-5-6-7-8-4-2/h2-3,5-7H2,1H3. The lowest BCUT2D eigenvalue weighted by Crippen LogP contribution is -1.75. The van der Waals surface area contributed by atoms with Gasteiger partial charge in [0.25, 0.3) is 0 Å². The molecule has 0 aromatic heterocycles. The predicted molar refractivity (Wildman–Crippen MR) is 40.9 cm³/mol. The second-order valence-corrected chi connectivity index (χ2v) is 2.69. The summed E-state index contributed by atoms with van der Waals surface area (Å²) in [6, 6.07) is 0. The molecule has 0 atom stereocenters. The minimum absolute atomic E-state index is 1.19. The molecule has 0 bridgehead atoms. The first kappa shape index (κ1) is 8.09. The molecule has 0 nitrogen and oxygen atoms in total. The fourth-order valence-corrected chi connectivity index (χ4v) is 0.989. The molecule has 0 N–H and O–H groups in total. The van der Waals surface area contributed by atoms with Crippen molar-refractivity contribution in [2.24, 2.45) is 0 Å². The smallest absolute Gasteiger partial charge is 0.0130 e. The fourth-order valence-electron chi connectivity index (χ4n) is 0.496. The minimum Gasteiger partial charge on any atom is -0.126 e. The number of hydrogen-bond donors (Lipinski definition) is 0. The van der Waals surface area contributed by atoms with Gasteiger partial charge in [-0.2, -0.15) is 0 Å². The maximum absolute atomic E-state index is 3.50. The van der Waals surface area contributed by atoms with Crippen LogP contribution in [0.1, 0.15) is 26.2 Å². The van der Waals surface area contributed by atoms with Crippen LogP contribution in [0.2, 0.25) is 0 Å². The summed E-state index contributed by atoms with van der Waals surface area (Å²) in [7, 11) is 0. The molecule has 0 aromatic carbocycles. The Balaban J connectivity index is 2.62. The van der Waals surface area contributed by atoms with Crippen LogP contribution in [-0.4, -0.2) is 5.75 Å². The van der Waals surface area contributed by atoms with Crippen molar-refractivity contribution in [1.29, 1.82) is 0 Å². The van der Waals surface area contributed by atoms with Gasteiger partial charge in [-0.25, -0.2) is 0 Å². The summed E-state index contributed by atoms with van der Waals surface area (Å²) in [6.45, 7) is 5.71. The van der Waals surface area contributed by atoms with Crippen molar-refractivity contribution in [3.63, 3.8) is 0 Å². The van der Waals surface area contributed by atoms with E-state index in [2.05, 4.69) is 18.9 Å². The largest absolute Gasteiger partial charge is 0.126 e. The van der Waals surface area contributed by atoms with Crippen molar-refractivity contribution in [2.45, 2.75) is 26.2 Å². The molecule has 0 aliphatic heterocycles. The van der Waals surface area contributed by atoms with Crippen LogP contribution in [0.3, 0.4) is 0 Å². The molecule has 0 unspecified atom stereocenters. The van der Waals surface area contributed by atoms with Gasteiger partial charge in [0.1, 0.15) is 0 Å². The van der Waals surface area contributed by atoms with Gasteiger partial charge in [0, 0.05) is 5.41 Å². The van der Waals surface area contributed by atoms with Gasteiger partial charge in [-0.15, -0.1) is 11.8 Å². The van der Waals surface area contributed by atoms with E-state index < -0.39 is 0 Å². The van der Waals surface area contributed by atoms with Gasteiger partial charge in [-0.05, 0) is 12.2 Å². The third kappa shape index (κ3) is 6.09. The zero-order valence-corrected chi connectivity index (χ0v) is 6.26. The van der Waals surface area contributed by atoms with Gasteiger partial charge < -0.3 is 0 Å². The van der Waals surface area contributed by atoms with Crippen molar-refractivity contribution in [2.75, 3.05) is 5.75 Å². The first-order chi connectivity index (χ1) is 3.91. The third-order valence-electron chi connectivity index (χ3n) is 0.952. The number of unbranched alkanes of at least 4 members (excludes halogenated alkanes) is 2. The van der Waals surface area contributed by atoms with E-state index in [0.29, 0.717) is 0 Å². The lowest BCUT2D eigenvalue weighted by Gasteiger charge is -1.91. The van der Waals surface area contributed by atoms with Gasteiger partial charge in [-0.1, -0.05) is 26.3 Å². The van der Waals surface area contributed by atoms with Crippen LogP contribution in [0.5, 0.6) is 0 Å². The van der Waals surface area contributed by atoms with E-state index in [4.69, 9.17) is 0 Å². The second kappa shape index (κ2) is 7.09. The second-order valence-electron chi connectivity index (χ2n) is 1.70. The Morgan fingerprint density at radius 2 is 2.25 bits per heavy atom. The van der Waals surface area contributed by atoms with Crippen LogP contribution in [0, 0.1) is 5.41 Å². The van der Waals surface area contributed by atoms with E-state index in [1.54, 1.807) is 11.8 Å². The molecule has 0 saturated heterocycles. The van der Waals surface area contributed by atoms with Crippen molar-refractivity contribution >= 4 is 11.8 Å². The summed E-state index contributed by atoms with van der Waals surface area (Å²) in [4.78, 5) is 0. The van der Waals surface area contributed by atoms with Gasteiger partial charge in [-0.3, -0.25) is 0 Å². The van der Waals surface area contributed by atoms with Gasteiger partial charge in [0.2, 0.25) is 0 Å². The lowest BCUT2D eigenvalue weighted by molar-refractivity contribution is 0.779.